The Kier molecular flexibility index (Phi) is 1.48. The highest BCUT2D eigenvalue weighted by molar-refractivity contribution is 6.05. The zero-order valence-corrected chi connectivity index (χ0v) is 7.73. The van der Waals surface area contributed by atoms with Crippen LogP contribution in [-0.4, -0.2) is 25.2 Å². The Balaban J connectivity index is 2.27. The van der Waals surface area contributed by atoms with Gasteiger partial charge in [0.15, 0.2) is 0 Å². The Hall–Kier alpha value is -1.64. The number of nitrogens with zero attached hydrogens (tertiary/aromatic N) is 2. The lowest BCUT2D eigenvalue weighted by atomic mass is 10.1. The summed E-state index contributed by atoms with van der Waals surface area (Å²) in [5, 5.41) is 0. The molecule has 1 aromatic carbocycles. The van der Waals surface area contributed by atoms with Crippen LogP contribution >= 0.6 is 0 Å². The SMILES string of the molecule is O=C1CN=Cc2cccc3c2N1CC3. The van der Waals surface area contributed by atoms with Crippen molar-refractivity contribution in [2.75, 3.05) is 18.0 Å². The maximum absolute atomic E-state index is 11.7. The lowest BCUT2D eigenvalue weighted by Crippen LogP contribution is -2.30. The van der Waals surface area contributed by atoms with Crippen LogP contribution in [0.15, 0.2) is 23.2 Å². The Morgan fingerprint density at radius 2 is 2.29 bits per heavy atom. The third-order valence-electron chi connectivity index (χ3n) is 2.78. The molecular weight excluding hydrogens is 176 g/mol. The zero-order valence-electron chi connectivity index (χ0n) is 7.73. The first-order valence-electron chi connectivity index (χ1n) is 4.78. The van der Waals surface area contributed by atoms with E-state index in [-0.39, 0.29) is 12.5 Å². The van der Waals surface area contributed by atoms with Crippen molar-refractivity contribution in [3.63, 3.8) is 0 Å². The van der Waals surface area contributed by atoms with Crippen LogP contribution < -0.4 is 4.90 Å². The molecule has 1 amide bonds. The van der Waals surface area contributed by atoms with E-state index in [1.165, 1.54) is 5.56 Å². The Bertz CT molecular complexity index is 437. The second kappa shape index (κ2) is 2.67. The summed E-state index contributed by atoms with van der Waals surface area (Å²) in [7, 11) is 0. The maximum Gasteiger partial charge on any atom is 0.248 e. The molecule has 0 saturated carbocycles. The first-order valence-corrected chi connectivity index (χ1v) is 4.78. The van der Waals surface area contributed by atoms with Gasteiger partial charge in [0.25, 0.3) is 0 Å². The number of aliphatic imine (C=N–C) groups is 1. The average Bonchev–Trinajstić information content (AvgIpc) is 2.54. The minimum Gasteiger partial charge on any atom is -0.310 e. The predicted octanol–water partition coefficient (Wildman–Crippen LogP) is 1.01. The molecule has 0 radical (unpaired) electrons. The summed E-state index contributed by atoms with van der Waals surface area (Å²) in [5.74, 6) is 0.116. The third kappa shape index (κ3) is 0.923. The Morgan fingerprint density at radius 1 is 1.36 bits per heavy atom. The predicted molar refractivity (Wildman–Crippen MR) is 55.0 cm³/mol. The molecule has 0 bridgehead atoms. The summed E-state index contributed by atoms with van der Waals surface area (Å²) in [6.07, 6.45) is 2.78. The molecule has 0 fully saturated rings. The van der Waals surface area contributed by atoms with E-state index < -0.39 is 0 Å². The van der Waals surface area contributed by atoms with Crippen molar-refractivity contribution in [3.8, 4) is 0 Å². The first-order chi connectivity index (χ1) is 6.86. The number of carbonyl (C=O) groups excluding carboxylic acids is 1. The second-order valence-electron chi connectivity index (χ2n) is 3.62. The molecule has 1 aromatic rings. The number of hydrogen-bond donors (Lipinski definition) is 0. The maximum atomic E-state index is 11.7. The van der Waals surface area contributed by atoms with Crippen LogP contribution in [0, 0.1) is 0 Å². The summed E-state index contributed by atoms with van der Waals surface area (Å²) < 4.78 is 0. The van der Waals surface area contributed by atoms with Crippen LogP contribution in [0.2, 0.25) is 0 Å². The molecule has 0 unspecified atom stereocenters. The molecule has 2 aliphatic heterocycles. The molecule has 0 aromatic heterocycles. The van der Waals surface area contributed by atoms with Gasteiger partial charge in [-0.1, -0.05) is 18.2 Å². The fourth-order valence-electron chi connectivity index (χ4n) is 2.15. The highest BCUT2D eigenvalue weighted by Crippen LogP contribution is 2.31. The summed E-state index contributed by atoms with van der Waals surface area (Å²) in [6.45, 7) is 1.10. The van der Waals surface area contributed by atoms with Gasteiger partial charge in [0.2, 0.25) is 5.91 Å². The van der Waals surface area contributed by atoms with E-state index in [2.05, 4.69) is 11.1 Å². The summed E-state index contributed by atoms with van der Waals surface area (Å²) >= 11 is 0. The molecule has 2 aliphatic rings. The normalized spacial score (nSPS) is 18.3. The molecule has 2 heterocycles. The molecule has 0 aliphatic carbocycles. The van der Waals surface area contributed by atoms with Crippen molar-refractivity contribution in [2.45, 2.75) is 6.42 Å². The van der Waals surface area contributed by atoms with E-state index in [9.17, 15) is 4.79 Å². The highest BCUT2D eigenvalue weighted by Gasteiger charge is 2.27. The van der Waals surface area contributed by atoms with Gasteiger partial charge in [-0.25, -0.2) is 0 Å². The molecule has 70 valence electrons. The van der Waals surface area contributed by atoms with Crippen LogP contribution in [0.25, 0.3) is 0 Å². The quantitative estimate of drug-likeness (QED) is 0.595. The number of para-hydroxylation sites is 1. The highest BCUT2D eigenvalue weighted by atomic mass is 16.2. The minimum absolute atomic E-state index is 0.116. The van der Waals surface area contributed by atoms with Crippen LogP contribution in [0.1, 0.15) is 11.1 Å². The average molecular weight is 186 g/mol. The van der Waals surface area contributed by atoms with Crippen LogP contribution in [0.5, 0.6) is 0 Å². The molecule has 0 spiro atoms. The molecule has 14 heavy (non-hydrogen) atoms. The van der Waals surface area contributed by atoms with Crippen molar-refractivity contribution < 1.29 is 4.79 Å². The van der Waals surface area contributed by atoms with Gasteiger partial charge >= 0.3 is 0 Å². The summed E-state index contributed by atoms with van der Waals surface area (Å²) in [6, 6.07) is 6.13. The van der Waals surface area contributed by atoms with Crippen molar-refractivity contribution >= 4 is 17.8 Å². The topological polar surface area (TPSA) is 32.7 Å². The van der Waals surface area contributed by atoms with E-state index in [0.29, 0.717) is 0 Å². The third-order valence-corrected chi connectivity index (χ3v) is 2.78. The van der Waals surface area contributed by atoms with Crippen molar-refractivity contribution in [1.29, 1.82) is 0 Å². The first kappa shape index (κ1) is 7.74. The lowest BCUT2D eigenvalue weighted by molar-refractivity contribution is -0.117. The van der Waals surface area contributed by atoms with Crippen molar-refractivity contribution in [3.05, 3.63) is 29.3 Å². The lowest BCUT2D eigenvalue weighted by Gasteiger charge is -2.15. The fourth-order valence-corrected chi connectivity index (χ4v) is 2.15. The van der Waals surface area contributed by atoms with E-state index >= 15 is 0 Å². The molecule has 0 atom stereocenters. The molecular formula is C11H10N2O. The molecule has 0 N–H and O–H groups in total. The van der Waals surface area contributed by atoms with Gasteiger partial charge in [-0.05, 0) is 12.0 Å². The van der Waals surface area contributed by atoms with Crippen LogP contribution in [-0.2, 0) is 11.2 Å². The van der Waals surface area contributed by atoms with Crippen LogP contribution in [0.3, 0.4) is 0 Å². The van der Waals surface area contributed by atoms with Crippen LogP contribution in [0.4, 0.5) is 5.69 Å². The minimum atomic E-state index is 0.116. The van der Waals surface area contributed by atoms with Gasteiger partial charge < -0.3 is 4.90 Å². The van der Waals surface area contributed by atoms with Gasteiger partial charge in [0, 0.05) is 18.3 Å². The standard InChI is InChI=1S/C11H10N2O/c14-10-7-12-6-9-3-1-2-8-4-5-13(10)11(8)9/h1-3,6H,4-5,7H2. The Labute approximate surface area is 82.1 Å². The number of anilines is 1. The monoisotopic (exact) mass is 186 g/mol. The number of carbonyl (C=O) groups is 1. The zero-order chi connectivity index (χ0) is 9.54. The number of amides is 1. The van der Waals surface area contributed by atoms with Gasteiger partial charge in [-0.2, -0.15) is 0 Å². The van der Waals surface area contributed by atoms with Crippen molar-refractivity contribution in [1.82, 2.24) is 0 Å². The molecule has 3 nitrogen and oxygen atoms in total. The smallest absolute Gasteiger partial charge is 0.248 e. The van der Waals surface area contributed by atoms with Gasteiger partial charge in [0.1, 0.15) is 6.54 Å². The van der Waals surface area contributed by atoms with Gasteiger partial charge in [-0.15, -0.1) is 0 Å². The van der Waals surface area contributed by atoms with E-state index in [1.807, 2.05) is 23.2 Å². The Morgan fingerprint density at radius 3 is 3.21 bits per heavy atom. The van der Waals surface area contributed by atoms with E-state index in [0.717, 1.165) is 24.2 Å². The number of benzene rings is 1. The number of hydrogen-bond acceptors (Lipinski definition) is 2. The largest absolute Gasteiger partial charge is 0.310 e. The summed E-state index contributed by atoms with van der Waals surface area (Å²) in [4.78, 5) is 17.6. The van der Waals surface area contributed by atoms with Gasteiger partial charge in [-0.3, -0.25) is 9.79 Å². The van der Waals surface area contributed by atoms with Crippen molar-refractivity contribution in [2.24, 2.45) is 4.99 Å². The molecule has 0 saturated heterocycles. The fraction of sp³-hybridized carbons (Fsp3) is 0.273. The second-order valence-corrected chi connectivity index (χ2v) is 3.62. The van der Waals surface area contributed by atoms with Gasteiger partial charge in [0.05, 0.1) is 5.69 Å². The number of rotatable bonds is 0. The molecule has 3 heteroatoms. The molecule has 3 rings (SSSR count). The summed E-state index contributed by atoms with van der Waals surface area (Å²) in [5.41, 5.74) is 3.42. The van der Waals surface area contributed by atoms with E-state index in [1.54, 1.807) is 0 Å². The van der Waals surface area contributed by atoms with E-state index in [4.69, 9.17) is 0 Å².